The number of primary amides is 1. The fourth-order valence-electron chi connectivity index (χ4n) is 9.50. The Morgan fingerprint density at radius 1 is 1.08 bits per heavy atom. The van der Waals surface area contributed by atoms with Gasteiger partial charge in [-0.1, -0.05) is 23.3 Å². The minimum atomic E-state index is -1.32. The molecule has 12 nitrogen and oxygen atoms in total. The number of ether oxygens (including phenoxy) is 1. The van der Waals surface area contributed by atoms with Crippen LogP contribution < -0.4 is 15.4 Å². The molecular formula is C38H32ClN5O7S. The quantitative estimate of drug-likeness (QED) is 0.202. The highest BCUT2D eigenvalue weighted by atomic mass is 35.5. The number of halogens is 1. The van der Waals surface area contributed by atoms with Gasteiger partial charge in [0.15, 0.2) is 0 Å². The van der Waals surface area contributed by atoms with Crippen molar-refractivity contribution in [1.82, 2.24) is 14.7 Å². The predicted molar refractivity (Wildman–Crippen MR) is 191 cm³/mol. The first kappa shape index (κ1) is 32.6. The topological polar surface area (TPSA) is 165 Å². The lowest BCUT2D eigenvalue weighted by Gasteiger charge is -2.49. The van der Waals surface area contributed by atoms with Crippen LogP contribution >= 0.6 is 22.9 Å². The van der Waals surface area contributed by atoms with Crippen molar-refractivity contribution in [3.8, 4) is 22.1 Å². The van der Waals surface area contributed by atoms with Gasteiger partial charge in [-0.05, 0) is 85.5 Å². The molecule has 1 saturated carbocycles. The summed E-state index contributed by atoms with van der Waals surface area (Å²) in [6.45, 7) is 3.78. The summed E-state index contributed by atoms with van der Waals surface area (Å²) >= 11 is 7.84. The van der Waals surface area contributed by atoms with E-state index in [-0.39, 0.29) is 18.6 Å². The number of hydrogen-bond donors (Lipinski definition) is 2. The fraction of sp³-hybridized carbons (Fsp3) is 0.316. The highest BCUT2D eigenvalue weighted by molar-refractivity contribution is 7.22. The van der Waals surface area contributed by atoms with Crippen molar-refractivity contribution >= 4 is 68.5 Å². The van der Waals surface area contributed by atoms with Crippen molar-refractivity contribution in [3.05, 3.63) is 82.1 Å². The lowest BCUT2D eigenvalue weighted by Crippen LogP contribution is -2.51. The van der Waals surface area contributed by atoms with Gasteiger partial charge in [-0.25, -0.2) is 9.69 Å². The van der Waals surface area contributed by atoms with Crippen LogP contribution in [0.15, 0.2) is 65.9 Å². The molecule has 5 heterocycles. The van der Waals surface area contributed by atoms with Crippen LogP contribution in [0.1, 0.15) is 30.9 Å². The van der Waals surface area contributed by atoms with Gasteiger partial charge in [-0.2, -0.15) is 10.00 Å². The summed E-state index contributed by atoms with van der Waals surface area (Å²) in [4.78, 5) is 71.7. The largest absolute Gasteiger partial charge is 0.508 e. The second-order valence-electron chi connectivity index (χ2n) is 14.5. The average molecular weight is 738 g/mol. The standard InChI is InChI=1S/C38H32ClN5O7S/c1-16-23-12-19(39)4-9-28(23)52-32(16)26-14-29(42(3)41-26)43-34(47)25-13-24-21(6-7-22-30(24)35(48)44(33(22)46)37(40)50)31(38(25,2)36(43)49)18-10-17-11-20(45)5-8-27(17)51-15-18/h4-6,8-9,11-12,14-15,22,24-25,30-31,45H,7,10,13H2,1-3H3,(H2,40,50). The van der Waals surface area contributed by atoms with Gasteiger partial charge in [0.25, 0.3) is 0 Å². The second kappa shape index (κ2) is 11.1. The molecule has 0 spiro atoms. The Morgan fingerprint density at radius 3 is 2.63 bits per heavy atom. The number of imide groups is 4. The van der Waals surface area contributed by atoms with E-state index in [4.69, 9.17) is 27.2 Å². The van der Waals surface area contributed by atoms with E-state index in [9.17, 15) is 24.3 Å². The second-order valence-corrected chi connectivity index (χ2v) is 16.0. The van der Waals surface area contributed by atoms with Crippen molar-refractivity contribution in [3.63, 3.8) is 0 Å². The number of carbonyl (C=O) groups excluding carboxylic acids is 5. The Balaban J connectivity index is 1.16. The molecule has 2 aromatic carbocycles. The number of urea groups is 1. The number of amides is 6. The zero-order chi connectivity index (χ0) is 36.5. The molecule has 5 aliphatic rings. The molecule has 52 heavy (non-hydrogen) atoms. The third-order valence-electron chi connectivity index (χ3n) is 11.9. The number of aromatic hydroxyl groups is 1. The number of rotatable bonds is 3. The van der Waals surface area contributed by atoms with Gasteiger partial charge in [0.1, 0.15) is 23.0 Å². The highest BCUT2D eigenvalue weighted by Gasteiger charge is 2.68. The van der Waals surface area contributed by atoms with E-state index < -0.39 is 64.7 Å². The van der Waals surface area contributed by atoms with E-state index >= 15 is 4.79 Å². The normalized spacial score (nSPS) is 28.0. The van der Waals surface area contributed by atoms with Gasteiger partial charge in [-0.3, -0.25) is 23.9 Å². The van der Waals surface area contributed by atoms with Crippen molar-refractivity contribution in [2.24, 2.45) is 47.8 Å². The number of likely N-dealkylation sites (tertiary alicyclic amines) is 1. The Labute approximate surface area is 306 Å². The predicted octanol–water partition coefficient (Wildman–Crippen LogP) is 5.63. The number of fused-ring (bicyclic) bond motifs is 6. The van der Waals surface area contributed by atoms with Crippen molar-refractivity contribution < 1.29 is 33.8 Å². The number of phenols is 1. The third-order valence-corrected chi connectivity index (χ3v) is 13.4. The maximum Gasteiger partial charge on any atom is 0.328 e. The van der Waals surface area contributed by atoms with Gasteiger partial charge < -0.3 is 15.6 Å². The van der Waals surface area contributed by atoms with Crippen molar-refractivity contribution in [1.29, 1.82) is 0 Å². The number of benzene rings is 2. The van der Waals surface area contributed by atoms with Gasteiger partial charge in [0, 0.05) is 40.7 Å². The van der Waals surface area contributed by atoms with E-state index in [0.717, 1.165) is 26.1 Å². The molecule has 2 aliphatic carbocycles. The van der Waals surface area contributed by atoms with Gasteiger partial charge >= 0.3 is 6.03 Å². The van der Waals surface area contributed by atoms with E-state index in [1.165, 1.54) is 15.6 Å². The first-order chi connectivity index (χ1) is 24.8. The van der Waals surface area contributed by atoms with Gasteiger partial charge in [0.2, 0.25) is 23.6 Å². The minimum Gasteiger partial charge on any atom is -0.508 e. The number of hydrogen-bond acceptors (Lipinski definition) is 9. The summed E-state index contributed by atoms with van der Waals surface area (Å²) < 4.78 is 8.62. The van der Waals surface area contributed by atoms with Crippen LogP contribution in [0.2, 0.25) is 5.02 Å². The molecule has 6 amide bonds. The Morgan fingerprint density at radius 2 is 1.87 bits per heavy atom. The maximum absolute atomic E-state index is 15.1. The molecule has 2 aromatic heterocycles. The average Bonchev–Trinajstić information content (AvgIpc) is 3.77. The number of aromatic nitrogens is 2. The number of phenolic OH excluding ortho intramolecular Hbond substituents is 1. The molecule has 3 fully saturated rings. The Kier molecular flexibility index (Phi) is 6.97. The molecular weight excluding hydrogens is 706 g/mol. The van der Waals surface area contributed by atoms with E-state index in [2.05, 4.69) is 0 Å². The highest BCUT2D eigenvalue weighted by Crippen LogP contribution is 2.63. The molecule has 6 atom stereocenters. The third kappa shape index (κ3) is 4.32. The van der Waals surface area contributed by atoms with Crippen LogP contribution in [0.5, 0.6) is 11.5 Å². The van der Waals surface area contributed by atoms with E-state index in [0.29, 0.717) is 44.7 Å². The van der Waals surface area contributed by atoms with Crippen LogP contribution in [0.4, 0.5) is 10.6 Å². The molecule has 0 bridgehead atoms. The van der Waals surface area contributed by atoms with Crippen molar-refractivity contribution in [2.75, 3.05) is 4.90 Å². The summed E-state index contributed by atoms with van der Waals surface area (Å²) in [5, 5.41) is 16.7. The minimum absolute atomic E-state index is 0.0535. The summed E-state index contributed by atoms with van der Waals surface area (Å²) in [5.41, 5.74) is 7.89. The molecule has 264 valence electrons. The molecule has 4 aromatic rings. The maximum atomic E-state index is 15.1. The van der Waals surface area contributed by atoms with Crippen LogP contribution in [0.25, 0.3) is 20.7 Å². The SMILES string of the molecule is Cc1c(-c2cc(N3C(=O)C4CC5C(=CCC6C(=O)N(C(N)=O)C(=O)C65)C(C5=COc6ccc(O)cc6C5)C4(C)C3=O)n(C)n2)sc2ccc(Cl)cc12. The van der Waals surface area contributed by atoms with E-state index in [1.54, 1.807) is 49.8 Å². The molecule has 3 N–H and O–H groups in total. The molecule has 9 rings (SSSR count). The monoisotopic (exact) mass is 737 g/mol. The zero-order valence-corrected chi connectivity index (χ0v) is 29.8. The van der Waals surface area contributed by atoms with Crippen LogP contribution in [-0.4, -0.2) is 49.4 Å². The van der Waals surface area contributed by atoms with Gasteiger partial charge in [0.05, 0.1) is 34.3 Å². The number of allylic oxidation sites excluding steroid dienone is 3. The fourth-order valence-corrected chi connectivity index (χ4v) is 10.8. The number of aryl methyl sites for hydroxylation is 2. The number of thiophene rings is 1. The summed E-state index contributed by atoms with van der Waals surface area (Å²) in [5.74, 6) is -5.23. The Bertz CT molecular complexity index is 2410. The summed E-state index contributed by atoms with van der Waals surface area (Å²) in [6, 6.07) is 11.1. The Hall–Kier alpha value is -5.27. The molecule has 2 saturated heterocycles. The number of nitrogens with zero attached hydrogens (tertiary/aromatic N) is 4. The number of carbonyl (C=O) groups is 5. The summed E-state index contributed by atoms with van der Waals surface area (Å²) in [7, 11) is 1.69. The molecule has 3 aliphatic heterocycles. The lowest BCUT2D eigenvalue weighted by molar-refractivity contribution is -0.137. The molecule has 0 radical (unpaired) electrons. The number of anilines is 1. The first-order valence-electron chi connectivity index (χ1n) is 17.0. The zero-order valence-electron chi connectivity index (χ0n) is 28.3. The number of nitrogens with two attached hydrogens (primary N) is 1. The molecule has 6 unspecified atom stereocenters. The van der Waals surface area contributed by atoms with Crippen LogP contribution in [0, 0.1) is 41.9 Å². The molecule has 14 heteroatoms. The van der Waals surface area contributed by atoms with Crippen LogP contribution in [-0.2, 0) is 32.6 Å². The first-order valence-corrected chi connectivity index (χ1v) is 18.1. The van der Waals surface area contributed by atoms with Gasteiger partial charge in [-0.15, -0.1) is 11.3 Å². The smallest absolute Gasteiger partial charge is 0.328 e. The van der Waals surface area contributed by atoms with Crippen molar-refractivity contribution in [2.45, 2.75) is 33.1 Å². The summed E-state index contributed by atoms with van der Waals surface area (Å²) in [6.07, 6.45) is 4.08. The van der Waals surface area contributed by atoms with E-state index in [1.807, 2.05) is 31.2 Å². The lowest BCUT2D eigenvalue weighted by atomic mass is 9.51. The van der Waals surface area contributed by atoms with Crippen LogP contribution in [0.3, 0.4) is 0 Å².